The fraction of sp³-hybridized carbons (Fsp3) is 0.625. The minimum absolute atomic E-state index is 0.307. The Bertz CT molecular complexity index is 159. The van der Waals surface area contributed by atoms with Gasteiger partial charge in [0.15, 0.2) is 0 Å². The molecule has 0 fully saturated rings. The van der Waals surface area contributed by atoms with Crippen molar-refractivity contribution < 1.29 is 4.74 Å². The van der Waals surface area contributed by atoms with Crippen molar-refractivity contribution in [1.29, 1.82) is 0 Å². The van der Waals surface area contributed by atoms with E-state index in [-0.39, 0.29) is 5.60 Å². The molecule has 0 saturated heterocycles. The van der Waals surface area contributed by atoms with Gasteiger partial charge in [-0.1, -0.05) is 13.5 Å². The van der Waals surface area contributed by atoms with Gasteiger partial charge in [0.2, 0.25) is 0 Å². The lowest BCUT2D eigenvalue weighted by Gasteiger charge is -2.20. The number of aliphatic imine (C=N–C) groups is 1. The van der Waals surface area contributed by atoms with Crippen molar-refractivity contribution in [1.82, 2.24) is 0 Å². The number of rotatable bonds is 4. The van der Waals surface area contributed by atoms with Crippen LogP contribution in [0.3, 0.4) is 0 Å². The van der Waals surface area contributed by atoms with Gasteiger partial charge in [-0.05, 0) is 13.3 Å². The summed E-state index contributed by atoms with van der Waals surface area (Å²) in [5.74, 6) is 0.307. The lowest BCUT2D eigenvalue weighted by Crippen LogP contribution is -2.28. The van der Waals surface area contributed by atoms with Gasteiger partial charge in [-0.25, -0.2) is 4.99 Å². The summed E-state index contributed by atoms with van der Waals surface area (Å²) in [7, 11) is 1.65. The Balaban J connectivity index is 4.17. The Labute approximate surface area is 68.0 Å². The van der Waals surface area contributed by atoms with Crippen LogP contribution < -0.4 is 5.73 Å². The second kappa shape index (κ2) is 4.13. The number of nitrogens with two attached hydrogens (primary N) is 1. The van der Waals surface area contributed by atoms with Gasteiger partial charge >= 0.3 is 0 Å². The molecule has 0 heterocycles. The lowest BCUT2D eigenvalue weighted by atomic mass is 10.1. The predicted molar refractivity (Wildman–Crippen MR) is 47.5 cm³/mol. The van der Waals surface area contributed by atoms with Gasteiger partial charge in [0.05, 0.1) is 5.60 Å². The van der Waals surface area contributed by atoms with Gasteiger partial charge in [0.1, 0.15) is 5.82 Å². The van der Waals surface area contributed by atoms with Crippen LogP contribution in [0, 0.1) is 0 Å². The standard InChI is InChI=1S/C8H16N2O/c1-5-8(3,11-4)6-10-7(2)9/h6H,2,5,9H2,1,3-4H3/b10-6-. The molecule has 11 heavy (non-hydrogen) atoms. The third kappa shape index (κ3) is 3.78. The quantitative estimate of drug-likeness (QED) is 0.624. The molecule has 2 N–H and O–H groups in total. The minimum atomic E-state index is -0.317. The zero-order valence-electron chi connectivity index (χ0n) is 7.42. The minimum Gasteiger partial charge on any atom is -0.384 e. The summed E-state index contributed by atoms with van der Waals surface area (Å²) in [5, 5.41) is 0. The first kappa shape index (κ1) is 10.2. The molecule has 0 radical (unpaired) electrons. The molecule has 1 unspecified atom stereocenters. The Hall–Kier alpha value is -0.830. The molecule has 64 valence electrons. The number of nitrogens with zero attached hydrogens (tertiary/aromatic N) is 1. The van der Waals surface area contributed by atoms with Crippen LogP contribution in [0.1, 0.15) is 20.3 Å². The first-order valence-electron chi connectivity index (χ1n) is 3.59. The Kier molecular flexibility index (Phi) is 3.82. The second-order valence-corrected chi connectivity index (χ2v) is 2.62. The number of hydrogen-bond acceptors (Lipinski definition) is 3. The van der Waals surface area contributed by atoms with E-state index >= 15 is 0 Å². The number of hydrogen-bond donors (Lipinski definition) is 1. The molecule has 0 aromatic heterocycles. The smallest absolute Gasteiger partial charge is 0.115 e. The van der Waals surface area contributed by atoms with Crippen LogP contribution in [-0.2, 0) is 4.74 Å². The van der Waals surface area contributed by atoms with E-state index in [0.29, 0.717) is 5.82 Å². The number of ether oxygens (including phenoxy) is 1. The monoisotopic (exact) mass is 156 g/mol. The maximum atomic E-state index is 5.26. The molecule has 0 aliphatic rings. The average Bonchev–Trinajstić information content (AvgIpc) is 2.00. The predicted octanol–water partition coefficient (Wildman–Crippen LogP) is 1.30. The zero-order chi connectivity index (χ0) is 8.91. The van der Waals surface area contributed by atoms with Crippen molar-refractivity contribution in [2.45, 2.75) is 25.9 Å². The third-order valence-electron chi connectivity index (χ3n) is 1.67. The molecule has 0 amide bonds. The highest BCUT2D eigenvalue weighted by Crippen LogP contribution is 2.10. The summed E-state index contributed by atoms with van der Waals surface area (Å²) >= 11 is 0. The third-order valence-corrected chi connectivity index (χ3v) is 1.67. The van der Waals surface area contributed by atoms with Crippen molar-refractivity contribution in [3.8, 4) is 0 Å². The molecule has 3 heteroatoms. The summed E-state index contributed by atoms with van der Waals surface area (Å²) in [6, 6.07) is 0. The molecular weight excluding hydrogens is 140 g/mol. The van der Waals surface area contributed by atoms with E-state index < -0.39 is 0 Å². The molecule has 0 aliphatic heterocycles. The van der Waals surface area contributed by atoms with Gasteiger partial charge in [0.25, 0.3) is 0 Å². The van der Waals surface area contributed by atoms with E-state index in [1.54, 1.807) is 13.3 Å². The molecule has 0 spiro atoms. The van der Waals surface area contributed by atoms with Crippen LogP contribution in [0.15, 0.2) is 17.4 Å². The van der Waals surface area contributed by atoms with Crippen LogP contribution in [0.2, 0.25) is 0 Å². The Morgan fingerprint density at radius 1 is 1.82 bits per heavy atom. The fourth-order valence-corrected chi connectivity index (χ4v) is 0.508. The summed E-state index contributed by atoms with van der Waals surface area (Å²) in [4.78, 5) is 3.87. The highest BCUT2D eigenvalue weighted by Gasteiger charge is 2.17. The van der Waals surface area contributed by atoms with E-state index in [1.165, 1.54) is 0 Å². The molecule has 0 bridgehead atoms. The van der Waals surface area contributed by atoms with E-state index in [4.69, 9.17) is 10.5 Å². The van der Waals surface area contributed by atoms with Crippen LogP contribution in [0.4, 0.5) is 0 Å². The summed E-state index contributed by atoms with van der Waals surface area (Å²) in [6.45, 7) is 7.42. The van der Waals surface area contributed by atoms with Gasteiger partial charge in [-0.2, -0.15) is 0 Å². The van der Waals surface area contributed by atoms with Crippen LogP contribution in [0.25, 0.3) is 0 Å². The number of methoxy groups -OCH3 is 1. The maximum Gasteiger partial charge on any atom is 0.115 e. The first-order chi connectivity index (χ1) is 5.04. The molecule has 3 nitrogen and oxygen atoms in total. The molecule has 0 aromatic rings. The van der Waals surface area contributed by atoms with Crippen LogP contribution in [-0.4, -0.2) is 18.9 Å². The highest BCUT2D eigenvalue weighted by atomic mass is 16.5. The van der Waals surface area contributed by atoms with E-state index in [1.807, 2.05) is 13.8 Å². The largest absolute Gasteiger partial charge is 0.384 e. The molecule has 0 aromatic carbocycles. The molecule has 0 saturated carbocycles. The van der Waals surface area contributed by atoms with Crippen molar-refractivity contribution in [3.63, 3.8) is 0 Å². The molecular formula is C8H16N2O. The molecule has 0 aliphatic carbocycles. The Morgan fingerprint density at radius 3 is 2.64 bits per heavy atom. The second-order valence-electron chi connectivity index (χ2n) is 2.62. The van der Waals surface area contributed by atoms with E-state index in [0.717, 1.165) is 6.42 Å². The van der Waals surface area contributed by atoms with Crippen molar-refractivity contribution in [2.75, 3.05) is 7.11 Å². The van der Waals surface area contributed by atoms with E-state index in [9.17, 15) is 0 Å². The van der Waals surface area contributed by atoms with Gasteiger partial charge in [0, 0.05) is 13.3 Å². The maximum absolute atomic E-state index is 5.26. The Morgan fingerprint density at radius 2 is 2.36 bits per heavy atom. The topological polar surface area (TPSA) is 47.6 Å². The van der Waals surface area contributed by atoms with Crippen LogP contribution in [0.5, 0.6) is 0 Å². The van der Waals surface area contributed by atoms with Gasteiger partial charge in [-0.15, -0.1) is 0 Å². The highest BCUT2D eigenvalue weighted by molar-refractivity contribution is 5.68. The molecule has 0 rings (SSSR count). The zero-order valence-corrected chi connectivity index (χ0v) is 7.42. The summed E-state index contributed by atoms with van der Waals surface area (Å²) in [5.41, 5.74) is 4.94. The van der Waals surface area contributed by atoms with Crippen molar-refractivity contribution in [2.24, 2.45) is 10.7 Å². The fourth-order valence-electron chi connectivity index (χ4n) is 0.508. The summed E-state index contributed by atoms with van der Waals surface area (Å²) in [6.07, 6.45) is 2.54. The summed E-state index contributed by atoms with van der Waals surface area (Å²) < 4.78 is 5.19. The van der Waals surface area contributed by atoms with Crippen molar-refractivity contribution >= 4 is 6.21 Å². The average molecular weight is 156 g/mol. The first-order valence-corrected chi connectivity index (χ1v) is 3.59. The van der Waals surface area contributed by atoms with Crippen LogP contribution >= 0.6 is 0 Å². The van der Waals surface area contributed by atoms with Gasteiger partial charge in [-0.3, -0.25) is 0 Å². The van der Waals surface area contributed by atoms with Crippen molar-refractivity contribution in [3.05, 3.63) is 12.4 Å². The lowest BCUT2D eigenvalue weighted by molar-refractivity contribution is 0.0674. The van der Waals surface area contributed by atoms with Gasteiger partial charge < -0.3 is 10.5 Å². The van der Waals surface area contributed by atoms with E-state index in [2.05, 4.69) is 11.6 Å². The SMILES string of the molecule is C=C(N)/N=C\C(C)(CC)OC. The molecule has 1 atom stereocenters. The normalized spacial score (nSPS) is 16.6.